The summed E-state index contributed by atoms with van der Waals surface area (Å²) in [5.41, 5.74) is 0. The van der Waals surface area contributed by atoms with Crippen molar-refractivity contribution in [2.75, 3.05) is 13.2 Å². The van der Waals surface area contributed by atoms with Gasteiger partial charge in [-0.05, 0) is 25.2 Å². The van der Waals surface area contributed by atoms with E-state index in [1.54, 1.807) is 0 Å². The molecule has 0 spiro atoms. The summed E-state index contributed by atoms with van der Waals surface area (Å²) in [6.07, 6.45) is 59.5. The predicted octanol–water partition coefficient (Wildman–Crippen LogP) is 19.8. The Morgan fingerprint density at radius 3 is 0.742 bits per heavy atom. The van der Waals surface area contributed by atoms with Crippen LogP contribution in [0.4, 0.5) is 0 Å². The number of carbonyl (C=O) groups is 3. The Morgan fingerprint density at radius 1 is 0.288 bits per heavy atom. The average Bonchev–Trinajstić information content (AvgIpc) is 3.30. The minimum absolute atomic E-state index is 0.0616. The topological polar surface area (TPSA) is 78.9 Å². The van der Waals surface area contributed by atoms with Gasteiger partial charge in [0.2, 0.25) is 0 Å². The third-order valence-electron chi connectivity index (χ3n) is 13.8. The van der Waals surface area contributed by atoms with E-state index in [0.29, 0.717) is 19.3 Å². The zero-order chi connectivity index (χ0) is 48.1. The van der Waals surface area contributed by atoms with E-state index in [9.17, 15) is 14.4 Å². The molecule has 392 valence electrons. The van der Waals surface area contributed by atoms with Gasteiger partial charge in [-0.2, -0.15) is 0 Å². The molecule has 0 aromatic heterocycles. The fraction of sp³-hybridized carbons (Fsp3) is 0.950. The van der Waals surface area contributed by atoms with E-state index in [4.69, 9.17) is 14.2 Å². The maximum atomic E-state index is 12.9. The number of carbonyl (C=O) groups excluding carboxylic acids is 3. The lowest BCUT2D eigenvalue weighted by Crippen LogP contribution is -2.30. The Balaban J connectivity index is 4.30. The van der Waals surface area contributed by atoms with E-state index in [0.717, 1.165) is 63.7 Å². The van der Waals surface area contributed by atoms with Crippen LogP contribution in [-0.2, 0) is 28.6 Å². The van der Waals surface area contributed by atoms with Crippen molar-refractivity contribution in [2.24, 2.45) is 5.92 Å². The van der Waals surface area contributed by atoms with Gasteiger partial charge in [-0.15, -0.1) is 0 Å². The molecule has 0 heterocycles. The highest BCUT2D eigenvalue weighted by molar-refractivity contribution is 5.71. The lowest BCUT2D eigenvalue weighted by atomic mass is 10.0. The molecule has 0 bridgehead atoms. The Bertz CT molecular complexity index is 996. The molecule has 0 aromatic carbocycles. The summed E-state index contributed by atoms with van der Waals surface area (Å²) in [6.45, 7) is 9.07. The van der Waals surface area contributed by atoms with Crippen molar-refractivity contribution in [1.29, 1.82) is 0 Å². The Labute approximate surface area is 412 Å². The molecule has 66 heavy (non-hydrogen) atoms. The second kappa shape index (κ2) is 54.4. The van der Waals surface area contributed by atoms with Crippen LogP contribution in [0.3, 0.4) is 0 Å². The molecular formula is C60H116O6. The highest BCUT2D eigenvalue weighted by atomic mass is 16.6. The van der Waals surface area contributed by atoms with Crippen LogP contribution in [0.15, 0.2) is 0 Å². The predicted molar refractivity (Wildman–Crippen MR) is 284 cm³/mol. The largest absolute Gasteiger partial charge is 0.462 e. The van der Waals surface area contributed by atoms with E-state index in [1.165, 1.54) is 238 Å². The van der Waals surface area contributed by atoms with Crippen molar-refractivity contribution in [3.63, 3.8) is 0 Å². The molecule has 0 unspecified atom stereocenters. The van der Waals surface area contributed by atoms with Crippen LogP contribution in [-0.4, -0.2) is 37.2 Å². The SMILES string of the molecule is CCCCCCCCCCCCCCCCCCCC(=O)O[C@@H](COC(=O)CCCCCCCCCCCCCCCCC)COC(=O)CCCCCCCCCCCCCCCC(C)C. The first kappa shape index (κ1) is 64.4. The second-order valence-corrected chi connectivity index (χ2v) is 21.1. The van der Waals surface area contributed by atoms with Crippen molar-refractivity contribution in [1.82, 2.24) is 0 Å². The molecule has 6 nitrogen and oxygen atoms in total. The summed E-state index contributed by atoms with van der Waals surface area (Å²) in [5.74, 6) is 0.00753. The van der Waals surface area contributed by atoms with E-state index in [2.05, 4.69) is 27.7 Å². The molecule has 0 fully saturated rings. The second-order valence-electron chi connectivity index (χ2n) is 21.1. The van der Waals surface area contributed by atoms with Gasteiger partial charge in [0.25, 0.3) is 0 Å². The number of unbranched alkanes of at least 4 members (excludes halogenated alkanes) is 42. The van der Waals surface area contributed by atoms with Gasteiger partial charge in [-0.1, -0.05) is 304 Å². The number of ether oxygens (including phenoxy) is 3. The van der Waals surface area contributed by atoms with Gasteiger partial charge in [0.15, 0.2) is 6.10 Å². The molecule has 0 aromatic rings. The fourth-order valence-corrected chi connectivity index (χ4v) is 9.28. The van der Waals surface area contributed by atoms with E-state index >= 15 is 0 Å². The first-order valence-corrected chi connectivity index (χ1v) is 29.9. The smallest absolute Gasteiger partial charge is 0.306 e. The zero-order valence-corrected chi connectivity index (χ0v) is 45.2. The minimum Gasteiger partial charge on any atom is -0.462 e. The molecule has 0 aliphatic carbocycles. The lowest BCUT2D eigenvalue weighted by molar-refractivity contribution is -0.167. The molecule has 6 heteroatoms. The van der Waals surface area contributed by atoms with Crippen molar-refractivity contribution in [3.05, 3.63) is 0 Å². The van der Waals surface area contributed by atoms with Crippen LogP contribution in [0.5, 0.6) is 0 Å². The van der Waals surface area contributed by atoms with Crippen molar-refractivity contribution < 1.29 is 28.6 Å². The molecule has 0 aliphatic heterocycles. The third kappa shape index (κ3) is 53.4. The summed E-state index contributed by atoms with van der Waals surface area (Å²) in [4.78, 5) is 38.2. The molecule has 0 aliphatic rings. The summed E-state index contributed by atoms with van der Waals surface area (Å²) in [5, 5.41) is 0. The van der Waals surface area contributed by atoms with Crippen LogP contribution in [0.25, 0.3) is 0 Å². The van der Waals surface area contributed by atoms with Crippen LogP contribution >= 0.6 is 0 Å². The summed E-state index contributed by atoms with van der Waals surface area (Å²) < 4.78 is 16.9. The first-order valence-electron chi connectivity index (χ1n) is 29.9. The Hall–Kier alpha value is -1.59. The van der Waals surface area contributed by atoms with Crippen LogP contribution in [0.1, 0.15) is 342 Å². The number of esters is 3. The van der Waals surface area contributed by atoms with Crippen LogP contribution in [0.2, 0.25) is 0 Å². The molecule has 0 saturated heterocycles. The average molecular weight is 934 g/mol. The van der Waals surface area contributed by atoms with Crippen LogP contribution < -0.4 is 0 Å². The summed E-state index contributed by atoms with van der Waals surface area (Å²) in [6, 6.07) is 0. The van der Waals surface area contributed by atoms with Gasteiger partial charge in [0.05, 0.1) is 0 Å². The van der Waals surface area contributed by atoms with Crippen molar-refractivity contribution >= 4 is 17.9 Å². The quantitative estimate of drug-likeness (QED) is 0.0343. The molecule has 0 amide bonds. The Kier molecular flexibility index (Phi) is 53.0. The number of hydrogen-bond donors (Lipinski definition) is 0. The Morgan fingerprint density at radius 2 is 0.500 bits per heavy atom. The van der Waals surface area contributed by atoms with Gasteiger partial charge in [-0.3, -0.25) is 14.4 Å². The molecular weight excluding hydrogens is 817 g/mol. The lowest BCUT2D eigenvalue weighted by Gasteiger charge is -2.18. The molecule has 0 saturated carbocycles. The van der Waals surface area contributed by atoms with Crippen LogP contribution in [0, 0.1) is 5.92 Å². The monoisotopic (exact) mass is 933 g/mol. The summed E-state index contributed by atoms with van der Waals surface area (Å²) >= 11 is 0. The third-order valence-corrected chi connectivity index (χ3v) is 13.8. The fourth-order valence-electron chi connectivity index (χ4n) is 9.28. The maximum Gasteiger partial charge on any atom is 0.306 e. The molecule has 0 rings (SSSR count). The van der Waals surface area contributed by atoms with E-state index in [-0.39, 0.29) is 31.1 Å². The minimum atomic E-state index is -0.762. The standard InChI is InChI=1S/C60H116O6/c1-5-7-9-11-13-15-17-19-21-22-24-28-33-37-41-45-49-53-60(63)66-57(54-64-58(61)51-47-43-39-35-31-27-23-20-18-16-14-12-10-8-6-2)55-65-59(62)52-48-44-40-36-32-29-25-26-30-34-38-42-46-50-56(3)4/h56-57H,5-55H2,1-4H3/t57-/m0/s1. The summed E-state index contributed by atoms with van der Waals surface area (Å²) in [7, 11) is 0. The maximum absolute atomic E-state index is 12.9. The molecule has 0 radical (unpaired) electrons. The highest BCUT2D eigenvalue weighted by Crippen LogP contribution is 2.18. The van der Waals surface area contributed by atoms with Gasteiger partial charge in [0, 0.05) is 19.3 Å². The molecule has 0 N–H and O–H groups in total. The van der Waals surface area contributed by atoms with Crippen molar-refractivity contribution in [3.8, 4) is 0 Å². The number of hydrogen-bond acceptors (Lipinski definition) is 6. The zero-order valence-electron chi connectivity index (χ0n) is 45.2. The van der Waals surface area contributed by atoms with Crippen molar-refractivity contribution in [2.45, 2.75) is 348 Å². The number of rotatable bonds is 55. The van der Waals surface area contributed by atoms with Gasteiger partial charge >= 0.3 is 17.9 Å². The van der Waals surface area contributed by atoms with Gasteiger partial charge < -0.3 is 14.2 Å². The highest BCUT2D eigenvalue weighted by Gasteiger charge is 2.19. The van der Waals surface area contributed by atoms with Gasteiger partial charge in [0.1, 0.15) is 13.2 Å². The molecule has 1 atom stereocenters. The first-order chi connectivity index (χ1) is 32.4. The van der Waals surface area contributed by atoms with Gasteiger partial charge in [-0.25, -0.2) is 0 Å². The van der Waals surface area contributed by atoms with E-state index in [1.807, 2.05) is 0 Å². The normalized spacial score (nSPS) is 12.0. The van der Waals surface area contributed by atoms with E-state index < -0.39 is 6.10 Å².